The summed E-state index contributed by atoms with van der Waals surface area (Å²) in [6.45, 7) is 6.36. The zero-order chi connectivity index (χ0) is 33.1. The lowest BCUT2D eigenvalue weighted by Crippen LogP contribution is -2.16. The molecule has 0 aliphatic rings. The molecule has 0 aliphatic heterocycles. The Labute approximate surface area is 271 Å². The van der Waals surface area contributed by atoms with E-state index in [1.54, 1.807) is 26.4 Å². The van der Waals surface area contributed by atoms with Crippen molar-refractivity contribution in [2.75, 3.05) is 40.5 Å². The molecular weight excluding hydrogens is 586 g/mol. The van der Waals surface area contributed by atoms with E-state index in [9.17, 15) is 0 Å². The van der Waals surface area contributed by atoms with Crippen molar-refractivity contribution in [3.63, 3.8) is 0 Å². The Kier molecular flexibility index (Phi) is 13.1. The van der Waals surface area contributed by atoms with Gasteiger partial charge in [-0.15, -0.1) is 0 Å². The van der Waals surface area contributed by atoms with Gasteiger partial charge in [-0.05, 0) is 121 Å². The third kappa shape index (κ3) is 8.30. The van der Waals surface area contributed by atoms with Gasteiger partial charge in [0.15, 0.2) is 0 Å². The molecule has 246 valence electrons. The largest absolute Gasteiger partial charge is 0.496 e. The lowest BCUT2D eigenvalue weighted by atomic mass is 9.87. The van der Waals surface area contributed by atoms with Crippen LogP contribution in [0.25, 0.3) is 33.4 Å². The van der Waals surface area contributed by atoms with Crippen LogP contribution in [0.3, 0.4) is 0 Å². The number of unbranched alkanes of at least 4 members (excludes halogenated alkanes) is 2. The molecule has 4 rings (SSSR count). The quantitative estimate of drug-likeness (QED) is 0.0914. The van der Waals surface area contributed by atoms with Gasteiger partial charge in [-0.3, -0.25) is 0 Å². The van der Waals surface area contributed by atoms with Crippen LogP contribution < -0.4 is 20.1 Å². The number of ether oxygens (including phenoxy) is 2. The maximum Gasteiger partial charge on any atom is 0.132 e. The van der Waals surface area contributed by atoms with Crippen LogP contribution in [0.5, 0.6) is 11.5 Å². The standard InChI is InChI=1S/C38H46F2N2O4/c1-25-29(27-19-35(39)33(37(21-27)45-3)23-41-15-5-7-17-43)11-9-13-31(25)32-14-10-12-30(26(32)2)28-20-36(40)34(38(22-28)46-4)24-42-16-6-8-18-44/h9-14,19-22,41-44H,5-8,15-18,23-24H2,1-4H3. The highest BCUT2D eigenvalue weighted by Crippen LogP contribution is 2.39. The zero-order valence-electron chi connectivity index (χ0n) is 27.3. The molecule has 4 aromatic carbocycles. The minimum absolute atomic E-state index is 0.141. The average molecular weight is 633 g/mol. The fourth-order valence-corrected chi connectivity index (χ4v) is 5.87. The molecule has 0 spiro atoms. The van der Waals surface area contributed by atoms with Crippen LogP contribution in [-0.4, -0.2) is 50.7 Å². The Hall–Kier alpha value is -3.82. The van der Waals surface area contributed by atoms with E-state index in [-0.39, 0.29) is 24.8 Å². The molecule has 0 bridgehead atoms. The lowest BCUT2D eigenvalue weighted by Gasteiger charge is -2.19. The van der Waals surface area contributed by atoms with E-state index in [1.807, 2.05) is 50.2 Å². The molecular formula is C38H46F2N2O4. The molecule has 6 nitrogen and oxygen atoms in total. The normalized spacial score (nSPS) is 11.2. The number of halogens is 2. The first-order valence-electron chi connectivity index (χ1n) is 15.9. The van der Waals surface area contributed by atoms with Crippen molar-refractivity contribution in [1.29, 1.82) is 0 Å². The Morgan fingerprint density at radius 2 is 0.978 bits per heavy atom. The maximum absolute atomic E-state index is 15.4. The molecule has 0 atom stereocenters. The number of benzene rings is 4. The van der Waals surface area contributed by atoms with E-state index in [4.69, 9.17) is 19.7 Å². The molecule has 4 aromatic rings. The van der Waals surface area contributed by atoms with Crippen molar-refractivity contribution >= 4 is 0 Å². The summed E-state index contributed by atoms with van der Waals surface area (Å²) >= 11 is 0. The van der Waals surface area contributed by atoms with E-state index in [0.29, 0.717) is 61.6 Å². The SMILES string of the molecule is COc1cc(-c2cccc(-c3cccc(-c4cc(F)c(CNCCCCO)c(OC)c4)c3C)c2C)cc(F)c1CNCCCCO. The van der Waals surface area contributed by atoms with Crippen molar-refractivity contribution in [3.8, 4) is 44.9 Å². The first-order valence-corrected chi connectivity index (χ1v) is 15.9. The number of methoxy groups -OCH3 is 2. The van der Waals surface area contributed by atoms with Crippen LogP contribution in [-0.2, 0) is 13.1 Å². The maximum atomic E-state index is 15.4. The van der Waals surface area contributed by atoms with Crippen molar-refractivity contribution < 1.29 is 28.5 Å². The molecule has 0 saturated carbocycles. The van der Waals surface area contributed by atoms with Crippen molar-refractivity contribution in [1.82, 2.24) is 10.6 Å². The first-order chi connectivity index (χ1) is 22.3. The lowest BCUT2D eigenvalue weighted by molar-refractivity contribution is 0.283. The fraction of sp³-hybridized carbons (Fsp3) is 0.368. The van der Waals surface area contributed by atoms with Gasteiger partial charge in [-0.2, -0.15) is 0 Å². The van der Waals surface area contributed by atoms with E-state index < -0.39 is 0 Å². The zero-order valence-corrected chi connectivity index (χ0v) is 27.3. The molecule has 0 saturated heterocycles. The summed E-state index contributed by atoms with van der Waals surface area (Å²) in [4.78, 5) is 0. The molecule has 0 aromatic heterocycles. The number of aliphatic hydroxyl groups excluding tert-OH is 2. The van der Waals surface area contributed by atoms with Gasteiger partial charge in [0, 0.05) is 37.4 Å². The van der Waals surface area contributed by atoms with Gasteiger partial charge in [0.1, 0.15) is 23.1 Å². The second-order valence-corrected chi connectivity index (χ2v) is 11.4. The minimum atomic E-state index is -0.341. The molecule has 0 radical (unpaired) electrons. The van der Waals surface area contributed by atoms with Gasteiger partial charge < -0.3 is 30.3 Å². The van der Waals surface area contributed by atoms with Crippen molar-refractivity contribution in [3.05, 3.63) is 94.6 Å². The number of aliphatic hydroxyl groups is 2. The molecule has 8 heteroatoms. The predicted molar refractivity (Wildman–Crippen MR) is 181 cm³/mol. The van der Waals surface area contributed by atoms with Gasteiger partial charge in [0.2, 0.25) is 0 Å². The van der Waals surface area contributed by atoms with Gasteiger partial charge in [0.05, 0.1) is 14.2 Å². The highest BCUT2D eigenvalue weighted by molar-refractivity contribution is 5.84. The smallest absolute Gasteiger partial charge is 0.132 e. The predicted octanol–water partition coefficient (Wildman–Crippen LogP) is 7.32. The topological polar surface area (TPSA) is 83.0 Å². The Balaban J connectivity index is 1.65. The van der Waals surface area contributed by atoms with Gasteiger partial charge >= 0.3 is 0 Å². The van der Waals surface area contributed by atoms with Crippen LogP contribution in [0.4, 0.5) is 8.78 Å². The third-order valence-electron chi connectivity index (χ3n) is 8.46. The van der Waals surface area contributed by atoms with Gasteiger partial charge in [-0.1, -0.05) is 36.4 Å². The van der Waals surface area contributed by atoms with Gasteiger partial charge in [0.25, 0.3) is 0 Å². The van der Waals surface area contributed by atoms with Crippen LogP contribution >= 0.6 is 0 Å². The first kappa shape index (κ1) is 35.0. The van der Waals surface area contributed by atoms with E-state index in [0.717, 1.165) is 57.3 Å². The summed E-state index contributed by atoms with van der Waals surface area (Å²) in [6, 6.07) is 18.9. The van der Waals surface area contributed by atoms with Crippen LogP contribution in [0.2, 0.25) is 0 Å². The highest BCUT2D eigenvalue weighted by atomic mass is 19.1. The monoisotopic (exact) mass is 632 g/mol. The number of hydrogen-bond acceptors (Lipinski definition) is 6. The van der Waals surface area contributed by atoms with Crippen molar-refractivity contribution in [2.45, 2.75) is 52.6 Å². The fourth-order valence-electron chi connectivity index (χ4n) is 5.87. The molecule has 46 heavy (non-hydrogen) atoms. The summed E-state index contributed by atoms with van der Waals surface area (Å²) in [5, 5.41) is 24.5. The molecule has 0 amide bonds. The number of hydrogen-bond donors (Lipinski definition) is 4. The third-order valence-corrected chi connectivity index (χ3v) is 8.46. The van der Waals surface area contributed by atoms with E-state index in [2.05, 4.69) is 22.8 Å². The Bertz CT molecular complexity index is 1490. The van der Waals surface area contributed by atoms with Gasteiger partial charge in [-0.25, -0.2) is 8.78 Å². The molecule has 4 N–H and O–H groups in total. The minimum Gasteiger partial charge on any atom is -0.496 e. The average Bonchev–Trinajstić information content (AvgIpc) is 3.05. The van der Waals surface area contributed by atoms with Crippen LogP contribution in [0.1, 0.15) is 47.9 Å². The summed E-state index contributed by atoms with van der Waals surface area (Å²) in [5.41, 5.74) is 8.16. The Morgan fingerprint density at radius 1 is 0.587 bits per heavy atom. The molecule has 0 fully saturated rings. The molecule has 0 unspecified atom stereocenters. The second-order valence-electron chi connectivity index (χ2n) is 11.4. The summed E-state index contributed by atoms with van der Waals surface area (Å²) in [6.07, 6.45) is 3.02. The molecule has 0 heterocycles. The Morgan fingerprint density at radius 3 is 1.35 bits per heavy atom. The summed E-state index contributed by atoms with van der Waals surface area (Å²) < 4.78 is 42.1. The number of rotatable bonds is 17. The number of nitrogens with one attached hydrogen (secondary N) is 2. The van der Waals surface area contributed by atoms with Crippen molar-refractivity contribution in [2.24, 2.45) is 0 Å². The molecule has 0 aliphatic carbocycles. The van der Waals surface area contributed by atoms with E-state index in [1.165, 1.54) is 0 Å². The van der Waals surface area contributed by atoms with Crippen LogP contribution in [0, 0.1) is 25.5 Å². The van der Waals surface area contributed by atoms with E-state index >= 15 is 8.78 Å². The second kappa shape index (κ2) is 17.2. The summed E-state index contributed by atoms with van der Waals surface area (Å²) in [7, 11) is 3.10. The van der Waals surface area contributed by atoms with Crippen LogP contribution in [0.15, 0.2) is 60.7 Å². The summed E-state index contributed by atoms with van der Waals surface area (Å²) in [5.74, 6) is 0.276. The highest BCUT2D eigenvalue weighted by Gasteiger charge is 2.18.